The van der Waals surface area contributed by atoms with Gasteiger partial charge in [0.25, 0.3) is 0 Å². The monoisotopic (exact) mass is 413 g/mol. The number of carbonyl (C=O) groups excluding carboxylic acids is 2. The zero-order valence-electron chi connectivity index (χ0n) is 18.5. The Morgan fingerprint density at radius 2 is 1.93 bits per heavy atom. The van der Waals surface area contributed by atoms with Gasteiger partial charge in [0.15, 0.2) is 0 Å². The molecule has 30 heavy (non-hydrogen) atoms. The fourth-order valence-corrected chi connectivity index (χ4v) is 6.91. The lowest BCUT2D eigenvalue weighted by molar-refractivity contribution is -0.154. The molecule has 0 heterocycles. The summed E-state index contributed by atoms with van der Waals surface area (Å²) in [6.45, 7) is 6.02. The first-order valence-corrected chi connectivity index (χ1v) is 11.5. The van der Waals surface area contributed by atoms with Gasteiger partial charge in [-0.1, -0.05) is 13.0 Å². The van der Waals surface area contributed by atoms with Crippen LogP contribution in [0.3, 0.4) is 0 Å². The van der Waals surface area contributed by atoms with Crippen LogP contribution in [0.2, 0.25) is 0 Å². The maximum atomic E-state index is 11.7. The van der Waals surface area contributed by atoms with Gasteiger partial charge in [0, 0.05) is 19.3 Å². The predicted octanol–water partition coefficient (Wildman–Crippen LogP) is 4.68. The molecule has 0 amide bonds. The molecule has 1 aromatic carbocycles. The van der Waals surface area contributed by atoms with E-state index >= 15 is 0 Å². The van der Waals surface area contributed by atoms with Gasteiger partial charge in [-0.25, -0.2) is 0 Å². The Hall–Kier alpha value is -1.88. The van der Waals surface area contributed by atoms with Crippen molar-refractivity contribution in [2.24, 2.45) is 23.0 Å². The van der Waals surface area contributed by atoms with Gasteiger partial charge < -0.3 is 15.2 Å². The van der Waals surface area contributed by atoms with E-state index in [4.69, 9.17) is 15.2 Å². The molecule has 0 aromatic heterocycles. The second kappa shape index (κ2) is 8.33. The molecule has 3 aliphatic carbocycles. The minimum absolute atomic E-state index is 0.0520. The topological polar surface area (TPSA) is 78.6 Å². The molecule has 3 aliphatic rings. The number of benzene rings is 1. The Bertz CT molecular complexity index is 821. The third-order valence-corrected chi connectivity index (χ3v) is 8.13. The largest absolute Gasteiger partial charge is 0.462 e. The van der Waals surface area contributed by atoms with Gasteiger partial charge >= 0.3 is 11.9 Å². The van der Waals surface area contributed by atoms with E-state index in [9.17, 15) is 9.59 Å². The van der Waals surface area contributed by atoms with Crippen LogP contribution in [0, 0.1) is 17.3 Å². The fraction of sp³-hybridized carbons (Fsp3) is 0.680. The van der Waals surface area contributed by atoms with Crippen molar-refractivity contribution in [1.29, 1.82) is 0 Å². The number of fused-ring (bicyclic) bond motifs is 5. The highest BCUT2D eigenvalue weighted by atomic mass is 16.5. The highest BCUT2D eigenvalue weighted by Gasteiger charge is 2.56. The first-order valence-electron chi connectivity index (χ1n) is 11.5. The predicted molar refractivity (Wildman–Crippen MR) is 115 cm³/mol. The van der Waals surface area contributed by atoms with E-state index in [0.29, 0.717) is 36.0 Å². The summed E-state index contributed by atoms with van der Waals surface area (Å²) in [7, 11) is 0. The number of carbonyl (C=O) groups is 2. The van der Waals surface area contributed by atoms with Crippen LogP contribution >= 0.6 is 0 Å². The number of hydrogen-bond acceptors (Lipinski definition) is 5. The van der Waals surface area contributed by atoms with E-state index in [2.05, 4.69) is 19.1 Å². The zero-order valence-corrected chi connectivity index (χ0v) is 18.5. The third-order valence-electron chi connectivity index (χ3n) is 8.13. The Morgan fingerprint density at radius 1 is 1.13 bits per heavy atom. The number of nitrogens with two attached hydrogens (primary N) is 1. The number of esters is 2. The van der Waals surface area contributed by atoms with Crippen LogP contribution in [-0.4, -0.2) is 24.6 Å². The summed E-state index contributed by atoms with van der Waals surface area (Å²) in [4.78, 5) is 23.1. The summed E-state index contributed by atoms with van der Waals surface area (Å²) < 4.78 is 11.2. The highest BCUT2D eigenvalue weighted by molar-refractivity contribution is 5.69. The van der Waals surface area contributed by atoms with E-state index in [-0.39, 0.29) is 23.5 Å². The van der Waals surface area contributed by atoms with Gasteiger partial charge in [0.2, 0.25) is 0 Å². The first-order chi connectivity index (χ1) is 14.3. The normalized spacial score (nSPS) is 34.5. The van der Waals surface area contributed by atoms with Gasteiger partial charge in [-0.05, 0) is 98.4 Å². The lowest BCUT2D eigenvalue weighted by Crippen LogP contribution is -2.45. The highest BCUT2D eigenvalue weighted by Crippen LogP contribution is 2.63. The van der Waals surface area contributed by atoms with E-state index in [1.54, 1.807) is 0 Å². The Balaban J connectivity index is 1.66. The molecule has 2 fully saturated rings. The van der Waals surface area contributed by atoms with Crippen molar-refractivity contribution in [3.8, 4) is 5.75 Å². The van der Waals surface area contributed by atoms with Crippen LogP contribution in [0.4, 0.5) is 0 Å². The van der Waals surface area contributed by atoms with Gasteiger partial charge in [-0.3, -0.25) is 9.59 Å². The summed E-state index contributed by atoms with van der Waals surface area (Å²) in [5.74, 6) is 2.38. The van der Waals surface area contributed by atoms with Crippen molar-refractivity contribution in [2.45, 2.75) is 83.7 Å². The molecule has 2 saturated carbocycles. The minimum Gasteiger partial charge on any atom is -0.462 e. The maximum Gasteiger partial charge on any atom is 0.308 e. The Morgan fingerprint density at radius 3 is 2.63 bits per heavy atom. The van der Waals surface area contributed by atoms with Crippen LogP contribution in [0.5, 0.6) is 5.75 Å². The third kappa shape index (κ3) is 3.77. The van der Waals surface area contributed by atoms with Crippen molar-refractivity contribution in [3.05, 3.63) is 29.3 Å². The SMILES string of the molecule is CC(=O)Oc1ccc2c(c1)[C@H](CCCN)C[C@@H]1[C@@H]2CC[C@]2(C)C(OC(C)=O)CC[C@@H]12. The van der Waals surface area contributed by atoms with Crippen LogP contribution in [0.1, 0.15) is 88.7 Å². The molecule has 5 nitrogen and oxygen atoms in total. The minimum atomic E-state index is -0.280. The molecule has 0 spiro atoms. The summed E-state index contributed by atoms with van der Waals surface area (Å²) in [5, 5.41) is 0. The van der Waals surface area contributed by atoms with Gasteiger partial charge in [0.05, 0.1) is 0 Å². The summed E-state index contributed by atoms with van der Waals surface area (Å²) in [5.41, 5.74) is 8.71. The summed E-state index contributed by atoms with van der Waals surface area (Å²) in [6.07, 6.45) is 7.60. The second-order valence-electron chi connectivity index (χ2n) is 9.84. The molecule has 4 rings (SSSR count). The molecule has 0 saturated heterocycles. The van der Waals surface area contributed by atoms with Crippen LogP contribution in [0.25, 0.3) is 0 Å². The van der Waals surface area contributed by atoms with Crippen molar-refractivity contribution in [1.82, 2.24) is 0 Å². The van der Waals surface area contributed by atoms with Gasteiger partial charge in [0.1, 0.15) is 11.9 Å². The molecule has 1 unspecified atom stereocenters. The standard InChI is InChI=1S/C25H35NO4/c1-15(27)29-18-6-7-19-20-10-11-25(3)23(8-9-24(25)30-16(2)28)22(20)13-17(5-4-12-26)21(19)14-18/h6-7,14,17,20,22-24H,4-5,8-13,26H2,1-3H3/t17-,20-,22-,23+,24?,25+/m1/s1. The molecule has 5 heteroatoms. The Labute approximate surface area is 179 Å². The lowest BCUT2D eigenvalue weighted by atomic mass is 9.53. The lowest BCUT2D eigenvalue weighted by Gasteiger charge is -2.52. The second-order valence-corrected chi connectivity index (χ2v) is 9.84. The van der Waals surface area contributed by atoms with E-state index < -0.39 is 0 Å². The van der Waals surface area contributed by atoms with Gasteiger partial charge in [-0.2, -0.15) is 0 Å². The molecule has 6 atom stereocenters. The number of hydrogen-bond donors (Lipinski definition) is 1. The zero-order chi connectivity index (χ0) is 21.5. The van der Waals surface area contributed by atoms with Crippen molar-refractivity contribution in [3.63, 3.8) is 0 Å². The van der Waals surface area contributed by atoms with Crippen LogP contribution in [0.15, 0.2) is 18.2 Å². The maximum absolute atomic E-state index is 11.7. The van der Waals surface area contributed by atoms with E-state index in [1.165, 1.54) is 25.0 Å². The quantitative estimate of drug-likeness (QED) is 0.560. The Kier molecular flexibility index (Phi) is 5.93. The van der Waals surface area contributed by atoms with Crippen LogP contribution in [-0.2, 0) is 14.3 Å². The molecule has 2 N–H and O–H groups in total. The van der Waals surface area contributed by atoms with Crippen molar-refractivity contribution < 1.29 is 19.1 Å². The average molecular weight is 414 g/mol. The molecule has 0 radical (unpaired) electrons. The fourth-order valence-electron chi connectivity index (χ4n) is 6.91. The van der Waals surface area contributed by atoms with E-state index in [0.717, 1.165) is 44.9 Å². The van der Waals surface area contributed by atoms with Crippen molar-refractivity contribution in [2.75, 3.05) is 6.54 Å². The van der Waals surface area contributed by atoms with E-state index in [1.807, 2.05) is 6.07 Å². The van der Waals surface area contributed by atoms with Gasteiger partial charge in [-0.15, -0.1) is 0 Å². The molecule has 0 aliphatic heterocycles. The smallest absolute Gasteiger partial charge is 0.308 e. The first kappa shape index (κ1) is 21.4. The molecular weight excluding hydrogens is 378 g/mol. The molecule has 1 aromatic rings. The number of ether oxygens (including phenoxy) is 2. The summed E-state index contributed by atoms with van der Waals surface area (Å²) >= 11 is 0. The molecular formula is C25H35NO4. The number of rotatable bonds is 5. The molecule has 0 bridgehead atoms. The molecule has 164 valence electrons. The average Bonchev–Trinajstić information content (AvgIpc) is 3.01. The van der Waals surface area contributed by atoms with Crippen molar-refractivity contribution >= 4 is 11.9 Å². The van der Waals surface area contributed by atoms with Crippen LogP contribution < -0.4 is 10.5 Å². The summed E-state index contributed by atoms with van der Waals surface area (Å²) in [6, 6.07) is 6.24.